The lowest BCUT2D eigenvalue weighted by Crippen LogP contribution is -1.97. The maximum Gasteiger partial charge on any atom is 0.0748 e. The Morgan fingerprint density at radius 1 is 1.11 bits per heavy atom. The van der Waals surface area contributed by atoms with Crippen molar-refractivity contribution in [1.82, 2.24) is 4.98 Å². The molecule has 0 saturated carbocycles. The Balaban J connectivity index is 1.87. The summed E-state index contributed by atoms with van der Waals surface area (Å²) in [4.78, 5) is 5.64. The average Bonchev–Trinajstić information content (AvgIpc) is 2.85. The van der Waals surface area contributed by atoms with Crippen molar-refractivity contribution >= 4 is 45.4 Å². The molecule has 0 aliphatic carbocycles. The van der Waals surface area contributed by atoms with Gasteiger partial charge in [0, 0.05) is 22.4 Å². The molecule has 0 N–H and O–H groups in total. The molecule has 19 heavy (non-hydrogen) atoms. The van der Waals surface area contributed by atoms with Crippen molar-refractivity contribution in [3.8, 4) is 0 Å². The Morgan fingerprint density at radius 2 is 1.95 bits per heavy atom. The van der Waals surface area contributed by atoms with Gasteiger partial charge >= 0.3 is 0 Å². The molecule has 1 atom stereocenters. The van der Waals surface area contributed by atoms with Crippen LogP contribution in [0.25, 0.3) is 10.9 Å². The number of hydrogen-bond acceptors (Lipinski definition) is 2. The normalized spacial score (nSPS) is 12.7. The van der Waals surface area contributed by atoms with Crippen LogP contribution < -0.4 is 0 Å². The number of benzene rings is 1. The number of halogens is 2. The Kier molecular flexibility index (Phi) is 3.74. The Labute approximate surface area is 125 Å². The van der Waals surface area contributed by atoms with Crippen molar-refractivity contribution in [1.29, 1.82) is 0 Å². The largest absolute Gasteiger partial charge is 0.253 e. The zero-order chi connectivity index (χ0) is 13.2. The predicted molar refractivity (Wildman–Crippen MR) is 83.4 cm³/mol. The average molecular weight is 308 g/mol. The minimum atomic E-state index is -0.124. The molecule has 1 nitrogen and oxygen atoms in total. The zero-order valence-corrected chi connectivity index (χ0v) is 12.3. The second kappa shape index (κ2) is 5.49. The van der Waals surface area contributed by atoms with E-state index in [1.165, 1.54) is 0 Å². The van der Waals surface area contributed by atoms with E-state index in [0.717, 1.165) is 26.5 Å². The second-order valence-electron chi connectivity index (χ2n) is 4.30. The van der Waals surface area contributed by atoms with Gasteiger partial charge in [-0.05, 0) is 23.6 Å². The lowest BCUT2D eigenvalue weighted by atomic mass is 10.1. The van der Waals surface area contributed by atoms with Gasteiger partial charge in [0.1, 0.15) is 0 Å². The number of hydrogen-bond donors (Lipinski definition) is 0. The van der Waals surface area contributed by atoms with Crippen LogP contribution in [0.2, 0.25) is 5.02 Å². The molecule has 2 aromatic heterocycles. The van der Waals surface area contributed by atoms with Crippen LogP contribution in [0, 0.1) is 0 Å². The van der Waals surface area contributed by atoms with Crippen molar-refractivity contribution in [3.05, 3.63) is 63.4 Å². The standard InChI is InChI=1S/C15H11Cl2NS/c16-12-7-8-19-15(12)13(17)9-11-6-5-10-3-1-2-4-14(10)18-11/h1-8,13H,9H2. The molecule has 1 unspecified atom stereocenters. The third-order valence-electron chi connectivity index (χ3n) is 2.97. The predicted octanol–water partition coefficient (Wildman–Crippen LogP) is 5.47. The van der Waals surface area contributed by atoms with E-state index in [9.17, 15) is 0 Å². The smallest absolute Gasteiger partial charge is 0.0748 e. The molecular formula is C15H11Cl2NS. The molecule has 0 bridgehead atoms. The van der Waals surface area contributed by atoms with Gasteiger partial charge in [0.2, 0.25) is 0 Å². The number of aromatic nitrogens is 1. The fraction of sp³-hybridized carbons (Fsp3) is 0.133. The van der Waals surface area contributed by atoms with E-state index in [2.05, 4.69) is 17.1 Å². The molecule has 0 aliphatic rings. The minimum Gasteiger partial charge on any atom is -0.253 e. The molecule has 2 heterocycles. The highest BCUT2D eigenvalue weighted by Gasteiger charge is 2.14. The van der Waals surface area contributed by atoms with Crippen LogP contribution in [0.3, 0.4) is 0 Å². The first kappa shape index (κ1) is 12.9. The topological polar surface area (TPSA) is 12.9 Å². The fourth-order valence-corrected chi connectivity index (χ4v) is 3.68. The van der Waals surface area contributed by atoms with Gasteiger partial charge in [-0.15, -0.1) is 22.9 Å². The number of nitrogens with zero attached hydrogens (tertiary/aromatic N) is 1. The van der Waals surface area contributed by atoms with E-state index in [-0.39, 0.29) is 5.38 Å². The number of para-hydroxylation sites is 1. The van der Waals surface area contributed by atoms with Gasteiger partial charge in [-0.3, -0.25) is 4.98 Å². The number of fused-ring (bicyclic) bond motifs is 1. The number of thiophene rings is 1. The van der Waals surface area contributed by atoms with Crippen LogP contribution in [0.5, 0.6) is 0 Å². The molecule has 96 valence electrons. The Hall–Kier alpha value is -1.09. The van der Waals surface area contributed by atoms with Crippen molar-refractivity contribution in [2.45, 2.75) is 11.8 Å². The zero-order valence-electron chi connectivity index (χ0n) is 10.0. The molecule has 0 saturated heterocycles. The Bertz CT molecular complexity index is 708. The third kappa shape index (κ3) is 2.76. The summed E-state index contributed by atoms with van der Waals surface area (Å²) in [5, 5.41) is 3.72. The van der Waals surface area contributed by atoms with E-state index in [1.54, 1.807) is 11.3 Å². The number of pyridine rings is 1. The highest BCUT2D eigenvalue weighted by atomic mass is 35.5. The summed E-state index contributed by atoms with van der Waals surface area (Å²) < 4.78 is 0. The van der Waals surface area contributed by atoms with Crippen LogP contribution in [0.4, 0.5) is 0 Å². The van der Waals surface area contributed by atoms with Crippen LogP contribution in [0.15, 0.2) is 47.8 Å². The third-order valence-corrected chi connectivity index (χ3v) is 4.95. The first-order valence-electron chi connectivity index (χ1n) is 5.95. The van der Waals surface area contributed by atoms with Gasteiger partial charge in [-0.1, -0.05) is 35.9 Å². The summed E-state index contributed by atoms with van der Waals surface area (Å²) in [6.07, 6.45) is 0.687. The monoisotopic (exact) mass is 307 g/mol. The first-order chi connectivity index (χ1) is 9.24. The van der Waals surface area contributed by atoms with Crippen LogP contribution in [0.1, 0.15) is 15.9 Å². The van der Waals surface area contributed by atoms with Crippen LogP contribution in [-0.4, -0.2) is 4.98 Å². The lowest BCUT2D eigenvalue weighted by Gasteiger charge is -2.08. The molecule has 1 aromatic carbocycles. The fourth-order valence-electron chi connectivity index (χ4n) is 2.03. The van der Waals surface area contributed by atoms with E-state index < -0.39 is 0 Å². The van der Waals surface area contributed by atoms with Gasteiger partial charge in [0.25, 0.3) is 0 Å². The molecule has 0 amide bonds. The van der Waals surface area contributed by atoms with E-state index in [0.29, 0.717) is 6.42 Å². The summed E-state index contributed by atoms with van der Waals surface area (Å²) >= 11 is 14.1. The van der Waals surface area contributed by atoms with E-state index in [4.69, 9.17) is 23.2 Å². The number of rotatable bonds is 3. The lowest BCUT2D eigenvalue weighted by molar-refractivity contribution is 0.904. The summed E-state index contributed by atoms with van der Waals surface area (Å²) in [5.41, 5.74) is 1.99. The SMILES string of the molecule is Clc1ccsc1C(Cl)Cc1ccc2ccccc2n1. The quantitative estimate of drug-likeness (QED) is 0.584. The molecule has 0 radical (unpaired) electrons. The number of alkyl halides is 1. The van der Waals surface area contributed by atoms with Gasteiger partial charge < -0.3 is 0 Å². The molecule has 3 aromatic rings. The molecule has 0 fully saturated rings. The van der Waals surface area contributed by atoms with Gasteiger partial charge in [-0.25, -0.2) is 0 Å². The summed E-state index contributed by atoms with van der Waals surface area (Å²) in [6.45, 7) is 0. The van der Waals surface area contributed by atoms with Gasteiger partial charge in [0.05, 0.1) is 15.9 Å². The van der Waals surface area contributed by atoms with Gasteiger partial charge in [0.15, 0.2) is 0 Å². The van der Waals surface area contributed by atoms with Crippen LogP contribution >= 0.6 is 34.5 Å². The van der Waals surface area contributed by atoms with E-state index in [1.807, 2.05) is 35.7 Å². The van der Waals surface area contributed by atoms with Gasteiger partial charge in [-0.2, -0.15) is 0 Å². The molecule has 0 aliphatic heterocycles. The van der Waals surface area contributed by atoms with Crippen molar-refractivity contribution in [2.24, 2.45) is 0 Å². The maximum atomic E-state index is 6.42. The minimum absolute atomic E-state index is 0.124. The first-order valence-corrected chi connectivity index (χ1v) is 7.65. The van der Waals surface area contributed by atoms with Crippen molar-refractivity contribution < 1.29 is 0 Å². The molecule has 3 rings (SSSR count). The maximum absolute atomic E-state index is 6.42. The summed E-state index contributed by atoms with van der Waals surface area (Å²) in [5.74, 6) is 0. The summed E-state index contributed by atoms with van der Waals surface area (Å²) in [7, 11) is 0. The van der Waals surface area contributed by atoms with Crippen molar-refractivity contribution in [2.75, 3.05) is 0 Å². The second-order valence-corrected chi connectivity index (χ2v) is 6.18. The van der Waals surface area contributed by atoms with Crippen LogP contribution in [-0.2, 0) is 6.42 Å². The van der Waals surface area contributed by atoms with Crippen molar-refractivity contribution in [3.63, 3.8) is 0 Å². The molecule has 4 heteroatoms. The molecular weight excluding hydrogens is 297 g/mol. The molecule has 0 spiro atoms. The summed E-state index contributed by atoms with van der Waals surface area (Å²) in [6, 6.07) is 14.1. The van der Waals surface area contributed by atoms with E-state index >= 15 is 0 Å². The highest BCUT2D eigenvalue weighted by Crippen LogP contribution is 2.34. The Morgan fingerprint density at radius 3 is 2.74 bits per heavy atom. The highest BCUT2D eigenvalue weighted by molar-refractivity contribution is 7.11.